The van der Waals surface area contributed by atoms with Crippen molar-refractivity contribution in [2.75, 3.05) is 22.9 Å². The van der Waals surface area contributed by atoms with E-state index in [1.807, 2.05) is 0 Å². The summed E-state index contributed by atoms with van der Waals surface area (Å²) in [5.41, 5.74) is 23.3. The van der Waals surface area contributed by atoms with Crippen molar-refractivity contribution >= 4 is 81.1 Å². The molecular formula is C14H14Cl4N4O4. The Kier molecular flexibility index (Phi) is 9.74. The Bertz CT molecular complexity index is 704. The van der Waals surface area contributed by atoms with Crippen LogP contribution in [0, 0.1) is 0 Å². The van der Waals surface area contributed by atoms with Gasteiger partial charge in [0.05, 0.1) is 32.8 Å². The number of rotatable bonds is 0. The van der Waals surface area contributed by atoms with E-state index in [4.69, 9.17) is 89.1 Å². The molecule has 12 heteroatoms. The van der Waals surface area contributed by atoms with Crippen molar-refractivity contribution in [3.05, 3.63) is 44.4 Å². The van der Waals surface area contributed by atoms with E-state index in [1.54, 1.807) is 24.3 Å². The predicted molar refractivity (Wildman–Crippen MR) is 106 cm³/mol. The quantitative estimate of drug-likeness (QED) is 0.264. The standard InChI is InChI=1S/2C6H6Cl2N2.C2H2O4/c2*7-3-1-4(8)6(10)5(9)2-3;3-1(4)2(5)6/h2*1-2H,9-10H2;(H,3,4)(H,5,6). The Balaban J connectivity index is 0.000000375. The van der Waals surface area contributed by atoms with Crippen LogP contribution in [0.2, 0.25) is 20.1 Å². The molecule has 8 nitrogen and oxygen atoms in total. The molecule has 26 heavy (non-hydrogen) atoms. The molecule has 142 valence electrons. The van der Waals surface area contributed by atoms with Gasteiger partial charge in [-0.25, -0.2) is 9.59 Å². The zero-order chi connectivity index (χ0) is 20.6. The molecule has 0 unspecified atom stereocenters. The first-order valence-corrected chi connectivity index (χ1v) is 7.84. The lowest BCUT2D eigenvalue weighted by Gasteiger charge is -2.01. The highest BCUT2D eigenvalue weighted by Crippen LogP contribution is 2.29. The van der Waals surface area contributed by atoms with Crippen molar-refractivity contribution < 1.29 is 19.8 Å². The smallest absolute Gasteiger partial charge is 0.414 e. The molecule has 0 aliphatic rings. The zero-order valence-corrected chi connectivity index (χ0v) is 15.9. The van der Waals surface area contributed by atoms with Gasteiger partial charge in [-0.3, -0.25) is 0 Å². The number of hydrogen-bond acceptors (Lipinski definition) is 6. The number of nitrogen functional groups attached to an aromatic ring is 4. The Hall–Kier alpha value is -2.26. The number of carbonyl (C=O) groups is 2. The zero-order valence-electron chi connectivity index (χ0n) is 12.8. The first-order chi connectivity index (χ1) is 11.9. The van der Waals surface area contributed by atoms with E-state index < -0.39 is 11.9 Å². The summed E-state index contributed by atoms with van der Waals surface area (Å²) in [7, 11) is 0. The van der Waals surface area contributed by atoms with E-state index in [-0.39, 0.29) is 0 Å². The molecule has 0 saturated heterocycles. The van der Waals surface area contributed by atoms with Crippen LogP contribution in [0.1, 0.15) is 0 Å². The first-order valence-electron chi connectivity index (χ1n) is 6.33. The Morgan fingerprint density at radius 2 is 0.923 bits per heavy atom. The average Bonchev–Trinajstić information content (AvgIpc) is 2.51. The molecule has 0 aromatic heterocycles. The van der Waals surface area contributed by atoms with Crippen LogP contribution in [0.15, 0.2) is 24.3 Å². The van der Waals surface area contributed by atoms with Gasteiger partial charge in [0.2, 0.25) is 0 Å². The highest BCUT2D eigenvalue weighted by atomic mass is 35.5. The Morgan fingerprint density at radius 1 is 0.654 bits per heavy atom. The SMILES string of the molecule is Nc1cc(Cl)cc(Cl)c1N.Nc1cc(Cl)cc(Cl)c1N.O=C(O)C(=O)O. The number of carboxylic acids is 2. The van der Waals surface area contributed by atoms with Crippen LogP contribution in [-0.4, -0.2) is 22.2 Å². The molecule has 2 aromatic carbocycles. The lowest BCUT2D eigenvalue weighted by molar-refractivity contribution is -0.159. The van der Waals surface area contributed by atoms with Crippen LogP contribution in [0.5, 0.6) is 0 Å². The lowest BCUT2D eigenvalue weighted by Crippen LogP contribution is -2.09. The number of benzene rings is 2. The molecule has 0 heterocycles. The summed E-state index contributed by atoms with van der Waals surface area (Å²) in [6, 6.07) is 6.22. The van der Waals surface area contributed by atoms with Gasteiger partial charge in [0, 0.05) is 10.0 Å². The minimum atomic E-state index is -1.82. The average molecular weight is 444 g/mol. The number of aliphatic carboxylic acids is 2. The predicted octanol–water partition coefficient (Wildman–Crippen LogP) is 3.47. The summed E-state index contributed by atoms with van der Waals surface area (Å²) in [5, 5.41) is 16.6. The van der Waals surface area contributed by atoms with Gasteiger partial charge < -0.3 is 33.1 Å². The fourth-order valence-electron chi connectivity index (χ4n) is 1.21. The maximum Gasteiger partial charge on any atom is 0.414 e. The van der Waals surface area contributed by atoms with E-state index in [2.05, 4.69) is 0 Å². The van der Waals surface area contributed by atoms with Gasteiger partial charge in [0.25, 0.3) is 0 Å². The number of hydrogen-bond donors (Lipinski definition) is 6. The first kappa shape index (κ1) is 23.7. The highest BCUT2D eigenvalue weighted by molar-refractivity contribution is 6.37. The second-order valence-corrected chi connectivity index (χ2v) is 6.08. The summed E-state index contributed by atoms with van der Waals surface area (Å²) in [6.07, 6.45) is 0. The third kappa shape index (κ3) is 8.21. The summed E-state index contributed by atoms with van der Waals surface area (Å²) >= 11 is 22.5. The molecule has 0 fully saturated rings. The van der Waals surface area contributed by atoms with Crippen molar-refractivity contribution in [1.82, 2.24) is 0 Å². The van der Waals surface area contributed by atoms with E-state index in [1.165, 1.54) is 0 Å². The van der Waals surface area contributed by atoms with Gasteiger partial charge in [0.1, 0.15) is 0 Å². The van der Waals surface area contributed by atoms with Crippen LogP contribution in [-0.2, 0) is 9.59 Å². The van der Waals surface area contributed by atoms with Crippen LogP contribution in [0.25, 0.3) is 0 Å². The van der Waals surface area contributed by atoms with Crippen molar-refractivity contribution in [3.8, 4) is 0 Å². The van der Waals surface area contributed by atoms with Crippen molar-refractivity contribution in [2.45, 2.75) is 0 Å². The second kappa shape index (κ2) is 10.7. The monoisotopic (exact) mass is 442 g/mol. The third-order valence-electron chi connectivity index (χ3n) is 2.44. The molecule has 0 radical (unpaired) electrons. The molecule has 0 aliphatic heterocycles. The van der Waals surface area contributed by atoms with Crippen molar-refractivity contribution in [1.29, 1.82) is 0 Å². The molecule has 10 N–H and O–H groups in total. The van der Waals surface area contributed by atoms with Gasteiger partial charge in [-0.15, -0.1) is 0 Å². The van der Waals surface area contributed by atoms with Crippen LogP contribution in [0.3, 0.4) is 0 Å². The normalized spacial score (nSPS) is 9.23. The molecule has 0 atom stereocenters. The molecule has 0 aliphatic carbocycles. The molecule has 0 bridgehead atoms. The molecule has 2 rings (SSSR count). The Morgan fingerprint density at radius 3 is 1.12 bits per heavy atom. The van der Waals surface area contributed by atoms with Gasteiger partial charge in [0.15, 0.2) is 0 Å². The fraction of sp³-hybridized carbons (Fsp3) is 0. The van der Waals surface area contributed by atoms with E-state index in [9.17, 15) is 0 Å². The lowest BCUT2D eigenvalue weighted by atomic mass is 10.3. The second-order valence-electron chi connectivity index (χ2n) is 4.39. The van der Waals surface area contributed by atoms with E-state index in [0.717, 1.165) is 0 Å². The largest absolute Gasteiger partial charge is 0.473 e. The van der Waals surface area contributed by atoms with E-state index >= 15 is 0 Å². The summed E-state index contributed by atoms with van der Waals surface area (Å²) in [4.78, 5) is 18.2. The number of halogens is 4. The maximum absolute atomic E-state index is 9.10. The summed E-state index contributed by atoms with van der Waals surface area (Å²) < 4.78 is 0. The number of anilines is 4. The number of nitrogens with two attached hydrogens (primary N) is 4. The van der Waals surface area contributed by atoms with Crippen molar-refractivity contribution in [2.24, 2.45) is 0 Å². The maximum atomic E-state index is 9.10. The van der Waals surface area contributed by atoms with Gasteiger partial charge >= 0.3 is 11.9 Å². The van der Waals surface area contributed by atoms with Gasteiger partial charge in [-0.05, 0) is 24.3 Å². The molecule has 0 amide bonds. The molecular weight excluding hydrogens is 430 g/mol. The third-order valence-corrected chi connectivity index (χ3v) is 3.50. The molecule has 0 spiro atoms. The fourth-order valence-corrected chi connectivity index (χ4v) is 2.23. The van der Waals surface area contributed by atoms with Crippen molar-refractivity contribution in [3.63, 3.8) is 0 Å². The number of carboxylic acid groups (broad SMARTS) is 2. The summed E-state index contributed by atoms with van der Waals surface area (Å²) in [5.74, 6) is -3.65. The van der Waals surface area contributed by atoms with Gasteiger partial charge in [-0.2, -0.15) is 0 Å². The minimum absolute atomic E-state index is 0.381. The summed E-state index contributed by atoms with van der Waals surface area (Å²) in [6.45, 7) is 0. The van der Waals surface area contributed by atoms with E-state index in [0.29, 0.717) is 42.8 Å². The van der Waals surface area contributed by atoms with Crippen LogP contribution >= 0.6 is 46.4 Å². The minimum Gasteiger partial charge on any atom is -0.473 e. The van der Waals surface area contributed by atoms with Gasteiger partial charge in [-0.1, -0.05) is 46.4 Å². The Labute approximate surface area is 168 Å². The molecule has 2 aromatic rings. The van der Waals surface area contributed by atoms with Crippen LogP contribution in [0.4, 0.5) is 22.7 Å². The molecule has 0 saturated carbocycles. The topological polar surface area (TPSA) is 179 Å². The highest BCUT2D eigenvalue weighted by Gasteiger charge is 2.04. The van der Waals surface area contributed by atoms with Crippen LogP contribution < -0.4 is 22.9 Å².